The number of amides is 1. The van der Waals surface area contributed by atoms with Gasteiger partial charge in [-0.25, -0.2) is 4.98 Å². The second kappa shape index (κ2) is 6.91. The average Bonchev–Trinajstić information content (AvgIpc) is 2.92. The van der Waals surface area contributed by atoms with Crippen LogP contribution in [0.25, 0.3) is 11.3 Å². The van der Waals surface area contributed by atoms with Crippen LogP contribution in [0.5, 0.6) is 0 Å². The van der Waals surface area contributed by atoms with Crippen molar-refractivity contribution in [2.45, 2.75) is 39.2 Å². The molecule has 0 fully saturated rings. The molecule has 1 aromatic carbocycles. The number of aliphatic carboxylic acids is 1. The molecule has 0 bridgehead atoms. The monoisotopic (exact) mass is 332 g/mol. The van der Waals surface area contributed by atoms with Gasteiger partial charge in [-0.05, 0) is 39.3 Å². The molecule has 0 spiro atoms. The first-order chi connectivity index (χ1) is 10.8. The zero-order chi connectivity index (χ0) is 17.0. The summed E-state index contributed by atoms with van der Waals surface area (Å²) in [4.78, 5) is 27.4. The van der Waals surface area contributed by atoms with Crippen LogP contribution in [0.1, 0.15) is 42.1 Å². The maximum atomic E-state index is 12.3. The van der Waals surface area contributed by atoms with Gasteiger partial charge >= 0.3 is 5.97 Å². The SMILES string of the molecule is Cc1nc(-c2ccc(C(=O)NC(C)(C)CCC(=O)O)cc2)cs1. The number of carbonyl (C=O) groups is 2. The van der Waals surface area contributed by atoms with Crippen molar-refractivity contribution in [1.82, 2.24) is 10.3 Å². The number of thiazole rings is 1. The van der Waals surface area contributed by atoms with E-state index in [2.05, 4.69) is 10.3 Å². The summed E-state index contributed by atoms with van der Waals surface area (Å²) < 4.78 is 0. The lowest BCUT2D eigenvalue weighted by molar-refractivity contribution is -0.137. The Morgan fingerprint density at radius 3 is 2.43 bits per heavy atom. The number of carboxylic acid groups (broad SMARTS) is 1. The number of carboxylic acids is 1. The van der Waals surface area contributed by atoms with E-state index < -0.39 is 11.5 Å². The normalized spacial score (nSPS) is 11.3. The smallest absolute Gasteiger partial charge is 0.303 e. The highest BCUT2D eigenvalue weighted by Crippen LogP contribution is 2.22. The molecule has 0 saturated heterocycles. The van der Waals surface area contributed by atoms with Crippen molar-refractivity contribution in [2.24, 2.45) is 0 Å². The molecule has 6 heteroatoms. The molecule has 23 heavy (non-hydrogen) atoms. The third-order valence-electron chi connectivity index (χ3n) is 3.48. The number of nitrogens with one attached hydrogen (secondary N) is 1. The summed E-state index contributed by atoms with van der Waals surface area (Å²) in [5.74, 6) is -1.07. The van der Waals surface area contributed by atoms with Crippen LogP contribution in [0.2, 0.25) is 0 Å². The molecule has 2 aromatic rings. The predicted molar refractivity (Wildman–Crippen MR) is 90.7 cm³/mol. The minimum absolute atomic E-state index is 0.0232. The second-order valence-corrected chi connectivity index (χ2v) is 7.12. The van der Waals surface area contributed by atoms with Crippen LogP contribution in [-0.4, -0.2) is 27.5 Å². The Labute approximate surface area is 139 Å². The Balaban J connectivity index is 2.04. The van der Waals surface area contributed by atoms with E-state index in [1.54, 1.807) is 23.5 Å². The van der Waals surface area contributed by atoms with E-state index in [0.717, 1.165) is 16.3 Å². The molecule has 0 saturated carbocycles. The van der Waals surface area contributed by atoms with Crippen molar-refractivity contribution in [1.29, 1.82) is 0 Å². The fourth-order valence-corrected chi connectivity index (χ4v) is 2.77. The van der Waals surface area contributed by atoms with Crippen molar-refractivity contribution < 1.29 is 14.7 Å². The average molecular weight is 332 g/mol. The molecule has 1 heterocycles. The summed E-state index contributed by atoms with van der Waals surface area (Å²) in [5, 5.41) is 14.6. The van der Waals surface area contributed by atoms with Crippen LogP contribution in [0.15, 0.2) is 29.6 Å². The Morgan fingerprint density at radius 2 is 1.91 bits per heavy atom. The maximum Gasteiger partial charge on any atom is 0.303 e. The third kappa shape index (κ3) is 4.89. The molecular formula is C17H20N2O3S. The van der Waals surface area contributed by atoms with Gasteiger partial charge in [-0.1, -0.05) is 12.1 Å². The lowest BCUT2D eigenvalue weighted by Gasteiger charge is -2.25. The van der Waals surface area contributed by atoms with E-state index >= 15 is 0 Å². The summed E-state index contributed by atoms with van der Waals surface area (Å²) in [7, 11) is 0. The highest BCUT2D eigenvalue weighted by molar-refractivity contribution is 7.09. The fraction of sp³-hybridized carbons (Fsp3) is 0.353. The van der Waals surface area contributed by atoms with Gasteiger partial charge < -0.3 is 10.4 Å². The quantitative estimate of drug-likeness (QED) is 0.848. The summed E-state index contributed by atoms with van der Waals surface area (Å²) in [5.41, 5.74) is 1.85. The van der Waals surface area contributed by atoms with Crippen molar-refractivity contribution in [3.8, 4) is 11.3 Å². The number of aryl methyl sites for hydroxylation is 1. The van der Waals surface area contributed by atoms with E-state index in [9.17, 15) is 9.59 Å². The van der Waals surface area contributed by atoms with Gasteiger partial charge in [0.15, 0.2) is 0 Å². The van der Waals surface area contributed by atoms with E-state index in [0.29, 0.717) is 12.0 Å². The largest absolute Gasteiger partial charge is 0.481 e. The van der Waals surface area contributed by atoms with Gasteiger partial charge in [-0.15, -0.1) is 11.3 Å². The predicted octanol–water partition coefficient (Wildman–Crippen LogP) is 3.49. The molecule has 122 valence electrons. The Morgan fingerprint density at radius 1 is 1.26 bits per heavy atom. The van der Waals surface area contributed by atoms with E-state index in [1.807, 2.05) is 38.3 Å². The van der Waals surface area contributed by atoms with Crippen LogP contribution in [0.4, 0.5) is 0 Å². The summed E-state index contributed by atoms with van der Waals surface area (Å²) >= 11 is 1.59. The first kappa shape index (κ1) is 17.1. The number of rotatable bonds is 6. The van der Waals surface area contributed by atoms with Crippen LogP contribution >= 0.6 is 11.3 Å². The topological polar surface area (TPSA) is 79.3 Å². The highest BCUT2D eigenvalue weighted by atomic mass is 32.1. The van der Waals surface area contributed by atoms with Crippen molar-refractivity contribution in [3.05, 3.63) is 40.2 Å². The van der Waals surface area contributed by atoms with Crippen LogP contribution in [-0.2, 0) is 4.79 Å². The fourth-order valence-electron chi connectivity index (χ4n) is 2.15. The minimum atomic E-state index is -0.866. The molecule has 5 nitrogen and oxygen atoms in total. The van der Waals surface area contributed by atoms with Gasteiger partial charge in [-0.3, -0.25) is 9.59 Å². The first-order valence-corrected chi connectivity index (χ1v) is 8.22. The van der Waals surface area contributed by atoms with Crippen LogP contribution in [0.3, 0.4) is 0 Å². The van der Waals surface area contributed by atoms with Crippen LogP contribution < -0.4 is 5.32 Å². The summed E-state index contributed by atoms with van der Waals surface area (Å²) in [6.45, 7) is 5.59. The number of benzene rings is 1. The molecule has 0 unspecified atom stereocenters. The second-order valence-electron chi connectivity index (χ2n) is 6.06. The van der Waals surface area contributed by atoms with Crippen molar-refractivity contribution in [3.63, 3.8) is 0 Å². The number of aromatic nitrogens is 1. The maximum absolute atomic E-state index is 12.3. The van der Waals surface area contributed by atoms with Gasteiger partial charge in [0.25, 0.3) is 5.91 Å². The Bertz CT molecular complexity index is 705. The lowest BCUT2D eigenvalue weighted by Crippen LogP contribution is -2.43. The number of nitrogens with zero attached hydrogens (tertiary/aromatic N) is 1. The summed E-state index contributed by atoms with van der Waals surface area (Å²) in [6.07, 6.45) is 0.402. The molecule has 2 N–H and O–H groups in total. The molecule has 0 aliphatic heterocycles. The Kier molecular flexibility index (Phi) is 5.15. The van der Waals surface area contributed by atoms with Gasteiger partial charge in [0.2, 0.25) is 0 Å². The van der Waals surface area contributed by atoms with Gasteiger partial charge in [0.1, 0.15) is 0 Å². The molecule has 2 rings (SSSR count). The molecular weight excluding hydrogens is 312 g/mol. The molecule has 0 aliphatic carbocycles. The minimum Gasteiger partial charge on any atom is -0.481 e. The van der Waals surface area contributed by atoms with E-state index in [-0.39, 0.29) is 12.3 Å². The van der Waals surface area contributed by atoms with E-state index in [1.165, 1.54) is 0 Å². The van der Waals surface area contributed by atoms with Crippen LogP contribution in [0, 0.1) is 6.92 Å². The molecule has 1 amide bonds. The molecule has 1 aromatic heterocycles. The summed E-state index contributed by atoms with van der Waals surface area (Å²) in [6, 6.07) is 7.25. The van der Waals surface area contributed by atoms with E-state index in [4.69, 9.17) is 5.11 Å². The van der Waals surface area contributed by atoms with Gasteiger partial charge in [0.05, 0.1) is 10.7 Å². The van der Waals surface area contributed by atoms with Gasteiger partial charge in [-0.2, -0.15) is 0 Å². The van der Waals surface area contributed by atoms with Crippen molar-refractivity contribution >= 4 is 23.2 Å². The van der Waals surface area contributed by atoms with Crippen molar-refractivity contribution in [2.75, 3.05) is 0 Å². The number of hydrogen-bond donors (Lipinski definition) is 2. The van der Waals surface area contributed by atoms with Gasteiger partial charge in [0, 0.05) is 28.5 Å². The third-order valence-corrected chi connectivity index (χ3v) is 4.25. The standard InChI is InChI=1S/C17H20N2O3S/c1-11-18-14(10-23-11)12-4-6-13(7-5-12)16(22)19-17(2,3)9-8-15(20)21/h4-7,10H,8-9H2,1-3H3,(H,19,22)(H,20,21). The molecule has 0 aliphatic rings. The molecule has 0 atom stereocenters. The molecule has 0 radical (unpaired) electrons. The number of hydrogen-bond acceptors (Lipinski definition) is 4. The zero-order valence-electron chi connectivity index (χ0n) is 13.4. The zero-order valence-corrected chi connectivity index (χ0v) is 14.2. The first-order valence-electron chi connectivity index (χ1n) is 7.34. The number of carbonyl (C=O) groups excluding carboxylic acids is 1. The Hall–Kier alpha value is -2.21. The lowest BCUT2D eigenvalue weighted by atomic mass is 9.97. The highest BCUT2D eigenvalue weighted by Gasteiger charge is 2.22.